The van der Waals surface area contributed by atoms with Crippen molar-refractivity contribution < 1.29 is 23.9 Å². The number of esters is 1. The van der Waals surface area contributed by atoms with E-state index in [0.29, 0.717) is 52.0 Å². The summed E-state index contributed by atoms with van der Waals surface area (Å²) >= 11 is 0. The molecular formula is C21H24N4O5. The Balaban J connectivity index is 1.20. The Bertz CT molecular complexity index is 994. The molecule has 9 heteroatoms. The van der Waals surface area contributed by atoms with Crippen LogP contribution in [-0.2, 0) is 25.6 Å². The van der Waals surface area contributed by atoms with Crippen LogP contribution in [0.15, 0.2) is 30.6 Å². The summed E-state index contributed by atoms with van der Waals surface area (Å²) in [5.74, 6) is -0.261. The number of carbonyl (C=O) groups is 3. The summed E-state index contributed by atoms with van der Waals surface area (Å²) < 4.78 is 12.6. The highest BCUT2D eigenvalue weighted by Crippen LogP contribution is 2.43. The second-order valence-electron chi connectivity index (χ2n) is 8.31. The maximum atomic E-state index is 12.7. The molecule has 2 amide bonds. The van der Waals surface area contributed by atoms with E-state index in [4.69, 9.17) is 9.47 Å². The maximum Gasteiger partial charge on any atom is 0.410 e. The number of ether oxygens (including phenoxy) is 2. The number of fused-ring (bicyclic) bond motifs is 1. The van der Waals surface area contributed by atoms with Gasteiger partial charge in [-0.25, -0.2) is 9.78 Å². The van der Waals surface area contributed by atoms with Crippen LogP contribution in [0.3, 0.4) is 0 Å². The zero-order valence-corrected chi connectivity index (χ0v) is 16.7. The highest BCUT2D eigenvalue weighted by molar-refractivity contribution is 5.84. The predicted molar refractivity (Wildman–Crippen MR) is 105 cm³/mol. The molecule has 4 heterocycles. The van der Waals surface area contributed by atoms with Crippen LogP contribution in [0.4, 0.5) is 4.79 Å². The lowest BCUT2D eigenvalue weighted by molar-refractivity contribution is -0.152. The lowest BCUT2D eigenvalue weighted by Gasteiger charge is -2.37. The molecule has 3 aliphatic heterocycles. The monoisotopic (exact) mass is 412 g/mol. The van der Waals surface area contributed by atoms with Crippen molar-refractivity contribution in [2.45, 2.75) is 31.9 Å². The molecule has 3 aliphatic rings. The Labute approximate surface area is 173 Å². The number of piperidine rings is 1. The molecule has 1 aromatic carbocycles. The molecule has 0 bridgehead atoms. The lowest BCUT2D eigenvalue weighted by Crippen LogP contribution is -2.48. The number of carbonyl (C=O) groups excluding carboxylic acids is 3. The maximum absolute atomic E-state index is 12.7. The van der Waals surface area contributed by atoms with Crippen molar-refractivity contribution >= 4 is 29.0 Å². The number of aromatic nitrogens is 2. The molecule has 0 radical (unpaired) electrons. The van der Waals surface area contributed by atoms with Gasteiger partial charge in [0.05, 0.1) is 35.9 Å². The fraction of sp³-hybridized carbons (Fsp3) is 0.524. The van der Waals surface area contributed by atoms with Crippen molar-refractivity contribution in [3.8, 4) is 0 Å². The Hall–Kier alpha value is -3.10. The number of cyclic esters (lactones) is 2. The Kier molecular flexibility index (Phi) is 4.60. The summed E-state index contributed by atoms with van der Waals surface area (Å²) in [7, 11) is 0. The SMILES string of the molecule is O=C(CN1CCOC1=O)N1CCC2(CC1)CC(Cn1cnc3ccccc31)OC2=O. The van der Waals surface area contributed by atoms with Gasteiger partial charge in [-0.1, -0.05) is 12.1 Å². The highest BCUT2D eigenvalue weighted by atomic mass is 16.6. The molecule has 0 N–H and O–H groups in total. The van der Waals surface area contributed by atoms with Gasteiger partial charge in [0.2, 0.25) is 5.91 Å². The molecule has 1 aromatic heterocycles. The van der Waals surface area contributed by atoms with E-state index < -0.39 is 11.5 Å². The number of rotatable bonds is 4. The third kappa shape index (κ3) is 3.28. The first-order valence-electron chi connectivity index (χ1n) is 10.3. The molecule has 0 saturated carbocycles. The first kappa shape index (κ1) is 18.9. The Morgan fingerprint density at radius 2 is 1.97 bits per heavy atom. The van der Waals surface area contributed by atoms with Crippen LogP contribution in [0, 0.1) is 5.41 Å². The van der Waals surface area contributed by atoms with Crippen molar-refractivity contribution in [2.75, 3.05) is 32.8 Å². The van der Waals surface area contributed by atoms with Gasteiger partial charge in [0.25, 0.3) is 0 Å². The Morgan fingerprint density at radius 1 is 1.17 bits per heavy atom. The van der Waals surface area contributed by atoms with Crippen LogP contribution < -0.4 is 0 Å². The topological polar surface area (TPSA) is 94.0 Å². The molecule has 158 valence electrons. The molecule has 5 rings (SSSR count). The predicted octanol–water partition coefficient (Wildman–Crippen LogP) is 1.41. The van der Waals surface area contributed by atoms with Crippen LogP contribution in [0.25, 0.3) is 11.0 Å². The number of para-hydroxylation sites is 2. The smallest absolute Gasteiger partial charge is 0.410 e. The Morgan fingerprint density at radius 3 is 2.73 bits per heavy atom. The van der Waals surface area contributed by atoms with Gasteiger partial charge in [-0.3, -0.25) is 14.5 Å². The van der Waals surface area contributed by atoms with E-state index in [2.05, 4.69) is 4.98 Å². The normalized spacial score (nSPS) is 23.3. The summed E-state index contributed by atoms with van der Waals surface area (Å²) in [5, 5.41) is 0. The van der Waals surface area contributed by atoms with Crippen LogP contribution in [0.2, 0.25) is 0 Å². The van der Waals surface area contributed by atoms with Crippen LogP contribution in [0.1, 0.15) is 19.3 Å². The molecule has 3 saturated heterocycles. The number of nitrogens with zero attached hydrogens (tertiary/aromatic N) is 4. The van der Waals surface area contributed by atoms with Crippen molar-refractivity contribution in [2.24, 2.45) is 5.41 Å². The number of benzene rings is 1. The number of hydrogen-bond donors (Lipinski definition) is 0. The van der Waals surface area contributed by atoms with Gasteiger partial charge in [0, 0.05) is 19.5 Å². The minimum Gasteiger partial charge on any atom is -0.460 e. The summed E-state index contributed by atoms with van der Waals surface area (Å²) in [4.78, 5) is 44.4. The summed E-state index contributed by atoms with van der Waals surface area (Å²) in [6, 6.07) is 7.89. The van der Waals surface area contributed by atoms with Gasteiger partial charge < -0.3 is 18.9 Å². The fourth-order valence-corrected chi connectivity index (χ4v) is 4.74. The summed E-state index contributed by atoms with van der Waals surface area (Å²) in [6.07, 6.45) is 2.97. The quantitative estimate of drug-likeness (QED) is 0.705. The van der Waals surface area contributed by atoms with Gasteiger partial charge in [0.15, 0.2) is 0 Å². The molecule has 1 atom stereocenters. The van der Waals surface area contributed by atoms with Gasteiger partial charge in [-0.15, -0.1) is 0 Å². The fourth-order valence-electron chi connectivity index (χ4n) is 4.74. The van der Waals surface area contributed by atoms with Gasteiger partial charge in [-0.2, -0.15) is 0 Å². The van der Waals surface area contributed by atoms with E-state index in [1.54, 1.807) is 11.2 Å². The first-order valence-corrected chi connectivity index (χ1v) is 10.3. The third-order valence-corrected chi connectivity index (χ3v) is 6.50. The van der Waals surface area contributed by atoms with Gasteiger partial charge >= 0.3 is 12.1 Å². The largest absolute Gasteiger partial charge is 0.460 e. The zero-order valence-electron chi connectivity index (χ0n) is 16.7. The molecule has 3 fully saturated rings. The second-order valence-corrected chi connectivity index (χ2v) is 8.31. The van der Waals surface area contributed by atoms with Crippen LogP contribution >= 0.6 is 0 Å². The van der Waals surface area contributed by atoms with E-state index in [9.17, 15) is 14.4 Å². The molecule has 0 aliphatic carbocycles. The summed E-state index contributed by atoms with van der Waals surface area (Å²) in [6.45, 7) is 2.38. The molecule has 9 nitrogen and oxygen atoms in total. The van der Waals surface area contributed by atoms with E-state index >= 15 is 0 Å². The summed E-state index contributed by atoms with van der Waals surface area (Å²) in [5.41, 5.74) is 1.42. The van der Waals surface area contributed by atoms with Crippen molar-refractivity contribution in [1.29, 1.82) is 0 Å². The average molecular weight is 412 g/mol. The van der Waals surface area contributed by atoms with Crippen LogP contribution in [0.5, 0.6) is 0 Å². The number of imidazole rings is 1. The number of amides is 2. The van der Waals surface area contributed by atoms with E-state index in [0.717, 1.165) is 11.0 Å². The van der Waals surface area contributed by atoms with Crippen LogP contribution in [-0.4, -0.2) is 76.2 Å². The average Bonchev–Trinajstić information content (AvgIpc) is 3.42. The molecule has 1 unspecified atom stereocenters. The van der Waals surface area contributed by atoms with Crippen molar-refractivity contribution in [1.82, 2.24) is 19.4 Å². The van der Waals surface area contributed by atoms with Crippen molar-refractivity contribution in [3.63, 3.8) is 0 Å². The molecular weight excluding hydrogens is 388 g/mol. The van der Waals surface area contributed by atoms with Gasteiger partial charge in [0.1, 0.15) is 19.3 Å². The second kappa shape index (κ2) is 7.30. The highest BCUT2D eigenvalue weighted by Gasteiger charge is 2.51. The third-order valence-electron chi connectivity index (χ3n) is 6.50. The lowest BCUT2D eigenvalue weighted by atomic mass is 9.76. The molecule has 2 aromatic rings. The standard InChI is InChI=1S/C21H24N4O5/c26-18(13-24-9-10-29-20(24)28)23-7-5-21(6-8-23)11-15(30-19(21)27)12-25-14-22-16-3-1-2-4-17(16)25/h1-4,14-15H,5-13H2. The molecule has 30 heavy (non-hydrogen) atoms. The van der Waals surface area contributed by atoms with Crippen molar-refractivity contribution in [3.05, 3.63) is 30.6 Å². The van der Waals surface area contributed by atoms with E-state index in [1.165, 1.54) is 4.90 Å². The zero-order chi connectivity index (χ0) is 20.7. The molecule has 1 spiro atoms. The number of likely N-dealkylation sites (tertiary alicyclic amines) is 1. The minimum absolute atomic E-state index is 0.0343. The van der Waals surface area contributed by atoms with E-state index in [-0.39, 0.29) is 24.5 Å². The van der Waals surface area contributed by atoms with Gasteiger partial charge in [-0.05, 0) is 25.0 Å². The minimum atomic E-state index is -0.523. The number of hydrogen-bond acceptors (Lipinski definition) is 6. The first-order chi connectivity index (χ1) is 14.5. The van der Waals surface area contributed by atoms with E-state index in [1.807, 2.05) is 28.8 Å².